The van der Waals surface area contributed by atoms with Crippen molar-refractivity contribution >= 4 is 0 Å². The molecule has 2 aromatic carbocycles. The first-order chi connectivity index (χ1) is 9.42. The third kappa shape index (κ3) is 2.79. The van der Waals surface area contributed by atoms with Gasteiger partial charge in [0.25, 0.3) is 0 Å². The monoisotopic (exact) mass is 270 g/mol. The smallest absolute Gasteiger partial charge is 0.122 e. The van der Waals surface area contributed by atoms with Crippen molar-refractivity contribution in [3.8, 4) is 11.5 Å². The second-order valence-electron chi connectivity index (χ2n) is 5.55. The lowest BCUT2D eigenvalue weighted by Gasteiger charge is -2.13. The molecule has 0 amide bonds. The molecule has 106 valence electrons. The highest BCUT2D eigenvalue weighted by molar-refractivity contribution is 5.50. The van der Waals surface area contributed by atoms with E-state index < -0.39 is 0 Å². The quantitative estimate of drug-likeness (QED) is 0.878. The molecule has 0 saturated carbocycles. The van der Waals surface area contributed by atoms with Gasteiger partial charge in [-0.2, -0.15) is 0 Å². The Morgan fingerprint density at radius 3 is 1.85 bits per heavy atom. The van der Waals surface area contributed by atoms with Crippen molar-refractivity contribution in [3.05, 3.63) is 57.6 Å². The maximum Gasteiger partial charge on any atom is 0.122 e. The van der Waals surface area contributed by atoms with Crippen LogP contribution in [0.2, 0.25) is 0 Å². The average Bonchev–Trinajstić information content (AvgIpc) is 2.39. The number of benzene rings is 2. The first-order valence-electron chi connectivity index (χ1n) is 7.02. The largest absolute Gasteiger partial charge is 0.507 e. The van der Waals surface area contributed by atoms with E-state index in [0.29, 0.717) is 17.9 Å². The molecule has 0 saturated heterocycles. The minimum absolute atomic E-state index is 0.328. The second-order valence-corrected chi connectivity index (χ2v) is 5.55. The third-order valence-corrected chi connectivity index (χ3v) is 3.70. The molecule has 2 heteroatoms. The molecule has 0 heterocycles. The summed E-state index contributed by atoms with van der Waals surface area (Å²) in [5.74, 6) is 0.686. The topological polar surface area (TPSA) is 40.5 Å². The molecule has 0 aliphatic rings. The van der Waals surface area contributed by atoms with Gasteiger partial charge in [-0.05, 0) is 49.4 Å². The Labute approximate surface area is 120 Å². The van der Waals surface area contributed by atoms with E-state index in [9.17, 15) is 10.2 Å². The molecule has 2 nitrogen and oxygen atoms in total. The van der Waals surface area contributed by atoms with Crippen molar-refractivity contribution in [3.63, 3.8) is 0 Å². The van der Waals surface area contributed by atoms with Crippen molar-refractivity contribution in [2.45, 2.75) is 40.5 Å². The van der Waals surface area contributed by atoms with E-state index in [2.05, 4.69) is 0 Å². The zero-order chi connectivity index (χ0) is 14.9. The van der Waals surface area contributed by atoms with Crippen molar-refractivity contribution in [1.29, 1.82) is 0 Å². The van der Waals surface area contributed by atoms with E-state index in [-0.39, 0.29) is 0 Å². The summed E-state index contributed by atoms with van der Waals surface area (Å²) < 4.78 is 0. The van der Waals surface area contributed by atoms with Crippen LogP contribution in [-0.2, 0) is 12.8 Å². The fraction of sp³-hybridized carbons (Fsp3) is 0.333. The highest BCUT2D eigenvalue weighted by atomic mass is 16.3. The second kappa shape index (κ2) is 5.58. The highest BCUT2D eigenvalue weighted by Crippen LogP contribution is 2.31. The highest BCUT2D eigenvalue weighted by Gasteiger charge is 2.12. The van der Waals surface area contributed by atoms with Crippen LogP contribution in [0.25, 0.3) is 0 Å². The molecular weight excluding hydrogens is 248 g/mol. The maximum atomic E-state index is 10.3. The fourth-order valence-electron chi connectivity index (χ4n) is 2.73. The summed E-state index contributed by atoms with van der Waals surface area (Å²) in [6.07, 6.45) is 1.36. The fourth-order valence-corrected chi connectivity index (χ4v) is 2.73. The predicted molar refractivity (Wildman–Crippen MR) is 82.6 cm³/mol. The molecule has 2 rings (SSSR count). The summed E-state index contributed by atoms with van der Waals surface area (Å²) in [5, 5.41) is 20.5. The standard InChI is InChI=1S/C18H22O2/c1-5-14-7-12(3)9-16(18(14)20)10-15-8-11(2)6-13(4)17(15)19/h6-9,19-20H,5,10H2,1-4H3. The minimum atomic E-state index is 0.328. The average molecular weight is 270 g/mol. The van der Waals surface area contributed by atoms with Gasteiger partial charge in [-0.15, -0.1) is 0 Å². The van der Waals surface area contributed by atoms with Gasteiger partial charge in [0, 0.05) is 6.42 Å². The van der Waals surface area contributed by atoms with Gasteiger partial charge >= 0.3 is 0 Å². The van der Waals surface area contributed by atoms with Crippen molar-refractivity contribution in [2.24, 2.45) is 0 Å². The van der Waals surface area contributed by atoms with Crippen LogP contribution in [0, 0.1) is 20.8 Å². The Balaban J connectivity index is 2.47. The summed E-state index contributed by atoms with van der Waals surface area (Å²) in [5.41, 5.74) is 5.84. The van der Waals surface area contributed by atoms with E-state index in [1.807, 2.05) is 52.0 Å². The van der Waals surface area contributed by atoms with Gasteiger partial charge in [0.2, 0.25) is 0 Å². The van der Waals surface area contributed by atoms with Crippen LogP contribution in [0.1, 0.15) is 40.3 Å². The summed E-state index contributed by atoms with van der Waals surface area (Å²) in [7, 11) is 0. The van der Waals surface area contributed by atoms with Crippen LogP contribution < -0.4 is 0 Å². The van der Waals surface area contributed by atoms with Crippen LogP contribution in [-0.4, -0.2) is 10.2 Å². The van der Waals surface area contributed by atoms with E-state index in [1.54, 1.807) is 0 Å². The van der Waals surface area contributed by atoms with E-state index in [0.717, 1.165) is 39.8 Å². The molecule has 2 N–H and O–H groups in total. The first-order valence-corrected chi connectivity index (χ1v) is 7.02. The molecule has 0 radical (unpaired) electrons. The van der Waals surface area contributed by atoms with Gasteiger partial charge in [-0.25, -0.2) is 0 Å². The Hall–Kier alpha value is -1.96. The molecular formula is C18H22O2. The van der Waals surface area contributed by atoms with Gasteiger partial charge in [-0.1, -0.05) is 42.3 Å². The lowest BCUT2D eigenvalue weighted by atomic mass is 9.95. The molecule has 0 bridgehead atoms. The van der Waals surface area contributed by atoms with Crippen LogP contribution in [0.4, 0.5) is 0 Å². The van der Waals surface area contributed by atoms with Crippen molar-refractivity contribution in [2.75, 3.05) is 0 Å². The number of phenolic OH excluding ortho intramolecular Hbond substituents is 2. The van der Waals surface area contributed by atoms with Crippen LogP contribution in [0.3, 0.4) is 0 Å². The van der Waals surface area contributed by atoms with E-state index in [1.165, 1.54) is 0 Å². The van der Waals surface area contributed by atoms with Crippen LogP contribution >= 0.6 is 0 Å². The van der Waals surface area contributed by atoms with Crippen molar-refractivity contribution < 1.29 is 10.2 Å². The molecule has 0 atom stereocenters. The molecule has 2 aromatic rings. The molecule has 0 aromatic heterocycles. The summed E-state index contributed by atoms with van der Waals surface area (Å²) in [6, 6.07) is 7.95. The lowest BCUT2D eigenvalue weighted by Crippen LogP contribution is -1.96. The molecule has 0 aliphatic heterocycles. The van der Waals surface area contributed by atoms with Gasteiger partial charge in [-0.3, -0.25) is 0 Å². The van der Waals surface area contributed by atoms with Gasteiger partial charge in [0.1, 0.15) is 11.5 Å². The number of rotatable bonds is 3. The van der Waals surface area contributed by atoms with Gasteiger partial charge in [0.15, 0.2) is 0 Å². The van der Waals surface area contributed by atoms with Gasteiger partial charge < -0.3 is 10.2 Å². The number of aryl methyl sites for hydroxylation is 4. The summed E-state index contributed by atoms with van der Waals surface area (Å²) in [4.78, 5) is 0. The predicted octanol–water partition coefficient (Wildman–Crippen LogP) is 4.18. The Morgan fingerprint density at radius 2 is 1.25 bits per heavy atom. The number of phenols is 2. The zero-order valence-electron chi connectivity index (χ0n) is 12.6. The molecule has 0 spiro atoms. The Bertz CT molecular complexity index is 642. The molecule has 0 fully saturated rings. The van der Waals surface area contributed by atoms with E-state index >= 15 is 0 Å². The van der Waals surface area contributed by atoms with Crippen LogP contribution in [0.15, 0.2) is 24.3 Å². The number of hydrogen-bond acceptors (Lipinski definition) is 2. The minimum Gasteiger partial charge on any atom is -0.507 e. The molecule has 0 unspecified atom stereocenters. The zero-order valence-corrected chi connectivity index (χ0v) is 12.6. The number of aromatic hydroxyl groups is 2. The summed E-state index contributed by atoms with van der Waals surface area (Å²) >= 11 is 0. The third-order valence-electron chi connectivity index (χ3n) is 3.70. The van der Waals surface area contributed by atoms with E-state index in [4.69, 9.17) is 0 Å². The molecule has 0 aliphatic carbocycles. The number of hydrogen-bond donors (Lipinski definition) is 2. The van der Waals surface area contributed by atoms with Crippen LogP contribution in [0.5, 0.6) is 11.5 Å². The summed E-state index contributed by atoms with van der Waals surface area (Å²) in [6.45, 7) is 7.99. The molecule has 20 heavy (non-hydrogen) atoms. The van der Waals surface area contributed by atoms with Crippen molar-refractivity contribution in [1.82, 2.24) is 0 Å². The Kier molecular flexibility index (Phi) is 4.03. The Morgan fingerprint density at radius 1 is 0.750 bits per heavy atom. The normalized spacial score (nSPS) is 10.8. The SMILES string of the molecule is CCc1cc(C)cc(Cc2cc(C)cc(C)c2O)c1O. The van der Waals surface area contributed by atoms with Gasteiger partial charge in [0.05, 0.1) is 0 Å². The lowest BCUT2D eigenvalue weighted by molar-refractivity contribution is 0.457. The maximum absolute atomic E-state index is 10.3. The first kappa shape index (κ1) is 14.4.